The highest BCUT2D eigenvalue weighted by molar-refractivity contribution is 6.05. The summed E-state index contributed by atoms with van der Waals surface area (Å²) < 4.78 is 5.76. The minimum absolute atomic E-state index is 0.194. The molecule has 3 aliphatic rings. The van der Waals surface area contributed by atoms with Gasteiger partial charge in [0.05, 0.1) is 5.57 Å². The summed E-state index contributed by atoms with van der Waals surface area (Å²) in [6, 6.07) is 10.6. The number of nitrogens with one attached hydrogen (secondary N) is 2. The highest BCUT2D eigenvalue weighted by atomic mass is 16.5. The van der Waals surface area contributed by atoms with E-state index in [0.717, 1.165) is 28.1 Å². The van der Waals surface area contributed by atoms with Crippen LogP contribution in [0.3, 0.4) is 0 Å². The van der Waals surface area contributed by atoms with Crippen molar-refractivity contribution in [3.63, 3.8) is 0 Å². The minimum atomic E-state index is -0.648. The molecule has 0 aromatic heterocycles. The van der Waals surface area contributed by atoms with E-state index in [1.807, 2.05) is 49.3 Å². The summed E-state index contributed by atoms with van der Waals surface area (Å²) >= 11 is 0. The number of nitrogens with zero attached hydrogens (tertiary/aromatic N) is 2. The second kappa shape index (κ2) is 8.90. The van der Waals surface area contributed by atoms with E-state index in [4.69, 9.17) is 4.74 Å². The van der Waals surface area contributed by atoms with Crippen LogP contribution in [0.15, 0.2) is 42.0 Å². The fourth-order valence-electron chi connectivity index (χ4n) is 4.61. The second-order valence-electron chi connectivity index (χ2n) is 9.15. The lowest BCUT2D eigenvalue weighted by atomic mass is 10.0. The van der Waals surface area contributed by atoms with Crippen molar-refractivity contribution in [2.24, 2.45) is 0 Å². The van der Waals surface area contributed by atoms with Crippen LogP contribution in [0.25, 0.3) is 6.08 Å². The maximum absolute atomic E-state index is 12.8. The fourth-order valence-corrected chi connectivity index (χ4v) is 4.61. The van der Waals surface area contributed by atoms with Crippen LogP contribution in [0, 0.1) is 0 Å². The molecule has 1 fully saturated rings. The zero-order chi connectivity index (χ0) is 24.7. The number of benzene rings is 2. The Labute approximate surface area is 202 Å². The molecule has 3 heterocycles. The number of amides is 4. The van der Waals surface area contributed by atoms with Crippen LogP contribution in [0.1, 0.15) is 39.9 Å². The normalized spacial score (nSPS) is 18.8. The first kappa shape index (κ1) is 22.6. The Balaban J connectivity index is 1.25. The summed E-state index contributed by atoms with van der Waals surface area (Å²) in [5, 5.41) is 5.23. The Morgan fingerprint density at radius 1 is 1.17 bits per heavy atom. The molecule has 9 nitrogen and oxygen atoms in total. The fraction of sp³-hybridized carbons (Fsp3) is 0.308. The molecule has 35 heavy (non-hydrogen) atoms. The van der Waals surface area contributed by atoms with Crippen LogP contribution in [-0.4, -0.2) is 55.3 Å². The summed E-state index contributed by atoms with van der Waals surface area (Å²) in [7, 11) is 3.91. The number of anilines is 1. The topological polar surface area (TPSA) is 108 Å². The molecule has 2 aromatic carbocycles. The van der Waals surface area contributed by atoms with Crippen molar-refractivity contribution in [1.82, 2.24) is 15.5 Å². The van der Waals surface area contributed by atoms with Crippen molar-refractivity contribution < 1.29 is 23.9 Å². The van der Waals surface area contributed by atoms with Gasteiger partial charge in [-0.2, -0.15) is 0 Å². The van der Waals surface area contributed by atoms with Crippen LogP contribution in [0.5, 0.6) is 5.75 Å². The smallest absolute Gasteiger partial charge is 0.255 e. The number of piperidine rings is 1. The van der Waals surface area contributed by atoms with E-state index in [0.29, 0.717) is 30.6 Å². The third-order valence-electron chi connectivity index (χ3n) is 6.56. The Hall–Kier alpha value is -4.14. The van der Waals surface area contributed by atoms with Gasteiger partial charge in [0.15, 0.2) is 0 Å². The Kier molecular flexibility index (Phi) is 5.76. The Morgan fingerprint density at radius 2 is 2.00 bits per heavy atom. The highest BCUT2D eigenvalue weighted by Gasteiger charge is 2.39. The number of carbonyl (C=O) groups is 4. The maximum atomic E-state index is 12.8. The molecule has 4 amide bonds. The molecule has 2 aromatic rings. The van der Waals surface area contributed by atoms with Crippen LogP contribution >= 0.6 is 0 Å². The van der Waals surface area contributed by atoms with Gasteiger partial charge in [-0.3, -0.25) is 24.5 Å². The zero-order valence-corrected chi connectivity index (χ0v) is 19.6. The van der Waals surface area contributed by atoms with Gasteiger partial charge < -0.3 is 19.9 Å². The van der Waals surface area contributed by atoms with Gasteiger partial charge in [-0.25, -0.2) is 0 Å². The molecule has 1 saturated heterocycles. The van der Waals surface area contributed by atoms with Crippen molar-refractivity contribution in [3.8, 4) is 5.75 Å². The van der Waals surface area contributed by atoms with E-state index in [2.05, 4.69) is 10.6 Å². The number of rotatable bonds is 5. The van der Waals surface area contributed by atoms with Gasteiger partial charge >= 0.3 is 0 Å². The van der Waals surface area contributed by atoms with Crippen LogP contribution in [-0.2, 0) is 27.5 Å². The molecular weight excluding hydrogens is 448 g/mol. The third kappa shape index (κ3) is 4.37. The number of ether oxygens (including phenoxy) is 1. The standard InChI is InChI=1S/C26H26N4O5/c1-29(2)19-4-7-22-16(11-19)10-18(14-35-22)24(32)27-12-15-3-5-20-17(9-15)13-30(26(20)34)21-6-8-23(31)28-25(21)33/h3-5,7,9-11,21H,6,8,12-14H2,1-2H3,(H,27,32)(H,28,31,33). The van der Waals surface area contributed by atoms with E-state index in [1.165, 1.54) is 4.90 Å². The number of hydrogen-bond donors (Lipinski definition) is 2. The molecule has 3 aliphatic heterocycles. The SMILES string of the molecule is CN(C)c1ccc2c(c1)C=C(C(=O)NCc1ccc3c(c1)CN(C1CCC(=O)NC1=O)C3=O)CO2. The van der Waals surface area contributed by atoms with Crippen molar-refractivity contribution >= 4 is 35.4 Å². The molecular formula is C26H26N4O5. The van der Waals surface area contributed by atoms with Crippen LogP contribution in [0.4, 0.5) is 5.69 Å². The molecule has 0 spiro atoms. The molecule has 0 aliphatic carbocycles. The zero-order valence-electron chi connectivity index (χ0n) is 19.6. The Morgan fingerprint density at radius 3 is 2.77 bits per heavy atom. The first-order chi connectivity index (χ1) is 16.8. The molecule has 0 bridgehead atoms. The lowest BCUT2D eigenvalue weighted by molar-refractivity contribution is -0.137. The summed E-state index contributed by atoms with van der Waals surface area (Å²) in [6.07, 6.45) is 2.39. The minimum Gasteiger partial charge on any atom is -0.488 e. The van der Waals surface area contributed by atoms with Gasteiger partial charge in [0.1, 0.15) is 18.4 Å². The maximum Gasteiger partial charge on any atom is 0.255 e. The van der Waals surface area contributed by atoms with E-state index < -0.39 is 11.9 Å². The highest BCUT2D eigenvalue weighted by Crippen LogP contribution is 2.30. The van der Waals surface area contributed by atoms with Gasteiger partial charge in [-0.15, -0.1) is 0 Å². The lowest BCUT2D eigenvalue weighted by Gasteiger charge is -2.29. The molecule has 0 radical (unpaired) electrons. The van der Waals surface area contributed by atoms with Gasteiger partial charge in [-0.1, -0.05) is 12.1 Å². The van der Waals surface area contributed by atoms with E-state index in [-0.39, 0.29) is 30.7 Å². The van der Waals surface area contributed by atoms with E-state index >= 15 is 0 Å². The first-order valence-electron chi connectivity index (χ1n) is 11.5. The number of fused-ring (bicyclic) bond motifs is 2. The van der Waals surface area contributed by atoms with Crippen molar-refractivity contribution in [1.29, 1.82) is 0 Å². The predicted octanol–water partition coefficient (Wildman–Crippen LogP) is 1.61. The molecule has 0 saturated carbocycles. The molecule has 5 rings (SSSR count). The molecule has 1 unspecified atom stereocenters. The second-order valence-corrected chi connectivity index (χ2v) is 9.15. The van der Waals surface area contributed by atoms with E-state index in [1.54, 1.807) is 12.1 Å². The van der Waals surface area contributed by atoms with Crippen molar-refractivity contribution in [2.75, 3.05) is 25.6 Å². The summed E-state index contributed by atoms with van der Waals surface area (Å²) in [5.74, 6) is -0.431. The first-order valence-corrected chi connectivity index (χ1v) is 11.5. The molecule has 180 valence electrons. The molecule has 2 N–H and O–H groups in total. The van der Waals surface area contributed by atoms with Crippen molar-refractivity contribution in [3.05, 3.63) is 64.2 Å². The number of imide groups is 1. The average molecular weight is 475 g/mol. The quantitative estimate of drug-likeness (QED) is 0.638. The summed E-state index contributed by atoms with van der Waals surface area (Å²) in [6.45, 7) is 0.784. The average Bonchev–Trinajstić information content (AvgIpc) is 3.17. The largest absolute Gasteiger partial charge is 0.488 e. The van der Waals surface area contributed by atoms with Crippen molar-refractivity contribution in [2.45, 2.75) is 32.0 Å². The van der Waals surface area contributed by atoms with E-state index in [9.17, 15) is 19.2 Å². The number of carbonyl (C=O) groups excluding carboxylic acids is 4. The monoisotopic (exact) mass is 474 g/mol. The lowest BCUT2D eigenvalue weighted by Crippen LogP contribution is -2.52. The van der Waals surface area contributed by atoms with Gasteiger partial charge in [0, 0.05) is 50.4 Å². The predicted molar refractivity (Wildman–Crippen MR) is 129 cm³/mol. The summed E-state index contributed by atoms with van der Waals surface area (Å²) in [5.41, 5.74) is 4.61. The van der Waals surface area contributed by atoms with Gasteiger partial charge in [0.2, 0.25) is 11.8 Å². The summed E-state index contributed by atoms with van der Waals surface area (Å²) in [4.78, 5) is 52.8. The van der Waals surface area contributed by atoms with Gasteiger partial charge in [-0.05, 0) is 47.9 Å². The van der Waals surface area contributed by atoms with Crippen LogP contribution < -0.4 is 20.3 Å². The van der Waals surface area contributed by atoms with Gasteiger partial charge in [0.25, 0.3) is 11.8 Å². The third-order valence-corrected chi connectivity index (χ3v) is 6.56. The molecule has 9 heteroatoms. The van der Waals surface area contributed by atoms with Crippen LogP contribution in [0.2, 0.25) is 0 Å². The molecule has 1 atom stereocenters. The number of hydrogen-bond acceptors (Lipinski definition) is 6. The Bertz CT molecular complexity index is 1280.